The zero-order valence-electron chi connectivity index (χ0n) is 8.35. The summed E-state index contributed by atoms with van der Waals surface area (Å²) in [5.41, 5.74) is -0.396. The van der Waals surface area contributed by atoms with Crippen LogP contribution in [0.25, 0.3) is 0 Å². The quantitative estimate of drug-likeness (QED) is 0.588. The third kappa shape index (κ3) is 2.09. The monoisotopic (exact) mass is 167 g/mol. The van der Waals surface area contributed by atoms with Crippen molar-refractivity contribution in [1.29, 1.82) is 0 Å². The lowest BCUT2D eigenvalue weighted by Crippen LogP contribution is -2.47. The van der Waals surface area contributed by atoms with Crippen LogP contribution in [0.4, 0.5) is 0 Å². The minimum absolute atomic E-state index is 0.123. The molecular weight excluding hydrogens is 150 g/mol. The highest BCUT2D eigenvalue weighted by atomic mass is 16.1. The van der Waals surface area contributed by atoms with Crippen LogP contribution in [0.3, 0.4) is 0 Å². The van der Waals surface area contributed by atoms with Crippen LogP contribution in [0.1, 0.15) is 26.7 Å². The Balaban J connectivity index is 4.54. The molecule has 0 aliphatic heterocycles. The van der Waals surface area contributed by atoms with Crippen molar-refractivity contribution in [2.75, 3.05) is 14.1 Å². The Morgan fingerprint density at radius 3 is 2.33 bits per heavy atom. The molecule has 0 saturated carbocycles. The molecule has 2 heteroatoms. The van der Waals surface area contributed by atoms with Crippen LogP contribution in [0.2, 0.25) is 0 Å². The molecule has 0 rings (SSSR count). The molecule has 0 aromatic heterocycles. The predicted molar refractivity (Wildman–Crippen MR) is 50.8 cm³/mol. The summed E-state index contributed by atoms with van der Waals surface area (Å²) in [4.78, 5) is 13.5. The van der Waals surface area contributed by atoms with E-state index >= 15 is 0 Å². The van der Waals surface area contributed by atoms with Gasteiger partial charge in [0, 0.05) is 0 Å². The number of terminal acetylenes is 1. The van der Waals surface area contributed by atoms with E-state index < -0.39 is 5.54 Å². The van der Waals surface area contributed by atoms with Crippen molar-refractivity contribution in [3.63, 3.8) is 0 Å². The molecule has 0 fully saturated rings. The minimum atomic E-state index is -0.396. The largest absolute Gasteiger partial charge is 0.297 e. The Kier molecular flexibility index (Phi) is 3.99. The van der Waals surface area contributed by atoms with Crippen LogP contribution in [-0.2, 0) is 4.79 Å². The van der Waals surface area contributed by atoms with Gasteiger partial charge >= 0.3 is 0 Å². The Morgan fingerprint density at radius 1 is 1.58 bits per heavy atom. The number of hydrogen-bond acceptors (Lipinski definition) is 2. The lowest BCUT2D eigenvalue weighted by molar-refractivity contribution is -0.128. The smallest absolute Gasteiger partial charge is 0.164 e. The Bertz CT molecular complexity index is 202. The maximum absolute atomic E-state index is 11.6. The second-order valence-corrected chi connectivity index (χ2v) is 3.33. The molecule has 1 unspecified atom stereocenters. The van der Waals surface area contributed by atoms with Gasteiger partial charge in [0.05, 0.1) is 12.0 Å². The van der Waals surface area contributed by atoms with Crippen LogP contribution in [-0.4, -0.2) is 30.3 Å². The fraction of sp³-hybridized carbons (Fsp3) is 0.700. The third-order valence-corrected chi connectivity index (χ3v) is 2.54. The van der Waals surface area contributed by atoms with Gasteiger partial charge in [-0.3, -0.25) is 9.69 Å². The molecule has 12 heavy (non-hydrogen) atoms. The minimum Gasteiger partial charge on any atom is -0.297 e. The lowest BCUT2D eigenvalue weighted by atomic mass is 9.90. The van der Waals surface area contributed by atoms with E-state index in [4.69, 9.17) is 6.42 Å². The Morgan fingerprint density at radius 2 is 2.08 bits per heavy atom. The summed E-state index contributed by atoms with van der Waals surface area (Å²) in [5.74, 6) is 2.51. The number of carbonyl (C=O) groups excluding carboxylic acids is 1. The summed E-state index contributed by atoms with van der Waals surface area (Å²) in [6.07, 6.45) is 6.11. The van der Waals surface area contributed by atoms with Crippen molar-refractivity contribution in [3.8, 4) is 12.3 Å². The summed E-state index contributed by atoms with van der Waals surface area (Å²) < 4.78 is 0. The number of nitrogens with zero attached hydrogens (tertiary/aromatic N) is 1. The third-order valence-electron chi connectivity index (χ3n) is 2.54. The molecule has 68 valence electrons. The van der Waals surface area contributed by atoms with Crippen LogP contribution >= 0.6 is 0 Å². The van der Waals surface area contributed by atoms with Gasteiger partial charge in [-0.1, -0.05) is 12.8 Å². The molecule has 0 spiro atoms. The van der Waals surface area contributed by atoms with Gasteiger partial charge in [0.15, 0.2) is 5.78 Å². The number of rotatable bonds is 4. The number of hydrogen-bond donors (Lipinski definition) is 0. The van der Waals surface area contributed by atoms with E-state index in [0.717, 1.165) is 6.42 Å². The van der Waals surface area contributed by atoms with E-state index in [1.165, 1.54) is 0 Å². The summed E-state index contributed by atoms with van der Waals surface area (Å²) >= 11 is 0. The van der Waals surface area contributed by atoms with E-state index in [1.807, 2.05) is 32.8 Å². The molecule has 0 aliphatic rings. The highest BCUT2D eigenvalue weighted by Gasteiger charge is 2.32. The number of ketones is 1. The van der Waals surface area contributed by atoms with Crippen molar-refractivity contribution >= 4 is 5.78 Å². The second kappa shape index (κ2) is 4.27. The topological polar surface area (TPSA) is 20.3 Å². The Labute approximate surface area is 74.9 Å². The molecule has 2 nitrogen and oxygen atoms in total. The molecule has 0 amide bonds. The number of likely N-dealkylation sites (N-methyl/N-ethyl adjacent to an activating group) is 1. The molecule has 0 bridgehead atoms. The molecule has 0 aromatic carbocycles. The molecule has 0 N–H and O–H groups in total. The van der Waals surface area contributed by atoms with Gasteiger partial charge in [0.1, 0.15) is 0 Å². The molecule has 0 saturated heterocycles. The summed E-state index contributed by atoms with van der Waals surface area (Å²) in [6.45, 7) is 3.92. The van der Waals surface area contributed by atoms with Crippen molar-refractivity contribution < 1.29 is 4.79 Å². The highest BCUT2D eigenvalue weighted by Crippen LogP contribution is 2.18. The van der Waals surface area contributed by atoms with Crippen molar-refractivity contribution in [2.45, 2.75) is 32.2 Å². The van der Waals surface area contributed by atoms with Crippen molar-refractivity contribution in [3.05, 3.63) is 0 Å². The standard InChI is InChI=1S/C10H17NO/c1-6-8-9(12)10(3,7-2)11(4)5/h1H,7-8H2,2-5H3. The molecular formula is C10H17NO. The first-order valence-electron chi connectivity index (χ1n) is 4.13. The van der Waals surface area contributed by atoms with Gasteiger partial charge in [-0.05, 0) is 27.4 Å². The zero-order chi connectivity index (χ0) is 9.78. The normalized spacial score (nSPS) is 15.3. The van der Waals surface area contributed by atoms with Gasteiger partial charge in [-0.15, -0.1) is 6.42 Å². The zero-order valence-corrected chi connectivity index (χ0v) is 8.35. The fourth-order valence-electron chi connectivity index (χ4n) is 1.05. The first-order valence-corrected chi connectivity index (χ1v) is 4.13. The van der Waals surface area contributed by atoms with Gasteiger partial charge in [0.25, 0.3) is 0 Å². The van der Waals surface area contributed by atoms with Crippen LogP contribution in [0, 0.1) is 12.3 Å². The SMILES string of the molecule is C#CCC(=O)C(C)(CC)N(C)C. The van der Waals surface area contributed by atoms with Gasteiger partial charge in [-0.25, -0.2) is 0 Å². The van der Waals surface area contributed by atoms with Crippen molar-refractivity contribution in [2.24, 2.45) is 0 Å². The summed E-state index contributed by atoms with van der Waals surface area (Å²) in [5, 5.41) is 0. The van der Waals surface area contributed by atoms with Crippen LogP contribution in [0.15, 0.2) is 0 Å². The average Bonchev–Trinajstić information content (AvgIpc) is 2.03. The number of carbonyl (C=O) groups is 1. The molecule has 0 heterocycles. The first-order chi connectivity index (χ1) is 5.49. The van der Waals surface area contributed by atoms with E-state index in [2.05, 4.69) is 5.92 Å². The van der Waals surface area contributed by atoms with Gasteiger partial charge < -0.3 is 0 Å². The van der Waals surface area contributed by atoms with Crippen LogP contribution in [0.5, 0.6) is 0 Å². The molecule has 1 atom stereocenters. The molecule has 0 radical (unpaired) electrons. The van der Waals surface area contributed by atoms with E-state index in [0.29, 0.717) is 0 Å². The van der Waals surface area contributed by atoms with E-state index in [1.54, 1.807) is 0 Å². The molecule has 0 aromatic rings. The molecule has 0 aliphatic carbocycles. The average molecular weight is 167 g/mol. The second-order valence-electron chi connectivity index (χ2n) is 3.33. The maximum Gasteiger partial charge on any atom is 0.164 e. The fourth-order valence-corrected chi connectivity index (χ4v) is 1.05. The Hall–Kier alpha value is -0.810. The van der Waals surface area contributed by atoms with Gasteiger partial charge in [0.2, 0.25) is 0 Å². The first kappa shape index (κ1) is 11.2. The summed E-state index contributed by atoms with van der Waals surface area (Å²) in [7, 11) is 3.80. The highest BCUT2D eigenvalue weighted by molar-refractivity contribution is 5.89. The van der Waals surface area contributed by atoms with Gasteiger partial charge in [-0.2, -0.15) is 0 Å². The number of Topliss-reactive ketones (excluding diaryl/α,β-unsaturated/α-hetero) is 1. The van der Waals surface area contributed by atoms with E-state index in [9.17, 15) is 4.79 Å². The predicted octanol–water partition coefficient (Wildman–Crippen LogP) is 1.31. The van der Waals surface area contributed by atoms with E-state index in [-0.39, 0.29) is 12.2 Å². The summed E-state index contributed by atoms with van der Waals surface area (Å²) in [6, 6.07) is 0. The van der Waals surface area contributed by atoms with Crippen molar-refractivity contribution in [1.82, 2.24) is 4.90 Å². The maximum atomic E-state index is 11.6. The lowest BCUT2D eigenvalue weighted by Gasteiger charge is -2.33. The van der Waals surface area contributed by atoms with Crippen LogP contribution < -0.4 is 0 Å².